The van der Waals surface area contributed by atoms with Crippen LogP contribution < -0.4 is 5.32 Å². The van der Waals surface area contributed by atoms with E-state index in [0.29, 0.717) is 6.04 Å². The highest BCUT2D eigenvalue weighted by molar-refractivity contribution is 6.30. The van der Waals surface area contributed by atoms with Crippen molar-refractivity contribution >= 4 is 11.6 Å². The van der Waals surface area contributed by atoms with E-state index in [0.717, 1.165) is 17.1 Å². The van der Waals surface area contributed by atoms with Crippen LogP contribution in [-0.4, -0.2) is 4.98 Å². The second-order valence-electron chi connectivity index (χ2n) is 6.58. The van der Waals surface area contributed by atoms with E-state index in [4.69, 9.17) is 11.6 Å². The third-order valence-electron chi connectivity index (χ3n) is 4.39. The number of benzene rings is 1. The highest BCUT2D eigenvalue weighted by Crippen LogP contribution is 2.46. The van der Waals surface area contributed by atoms with Gasteiger partial charge in [0.25, 0.3) is 0 Å². The Bertz CT molecular complexity index is 637. The lowest BCUT2D eigenvalue weighted by molar-refractivity contribution is 0.251. The Labute approximate surface area is 131 Å². The van der Waals surface area contributed by atoms with E-state index in [1.807, 2.05) is 24.4 Å². The zero-order valence-electron chi connectivity index (χ0n) is 12.7. The van der Waals surface area contributed by atoms with E-state index in [2.05, 4.69) is 49.3 Å². The van der Waals surface area contributed by atoms with Gasteiger partial charge in [0.1, 0.15) is 0 Å². The molecule has 21 heavy (non-hydrogen) atoms. The van der Waals surface area contributed by atoms with Crippen molar-refractivity contribution in [3.63, 3.8) is 0 Å². The number of nitrogens with zero attached hydrogens (tertiary/aromatic N) is 1. The van der Waals surface area contributed by atoms with Gasteiger partial charge < -0.3 is 5.32 Å². The summed E-state index contributed by atoms with van der Waals surface area (Å²) in [5.74, 6) is 0. The topological polar surface area (TPSA) is 24.9 Å². The summed E-state index contributed by atoms with van der Waals surface area (Å²) in [6, 6.07) is 12.8. The number of pyridine rings is 1. The summed E-state index contributed by atoms with van der Waals surface area (Å²) in [6.45, 7) is 6.79. The van der Waals surface area contributed by atoms with Crippen LogP contribution in [0.1, 0.15) is 49.7 Å². The molecule has 2 aromatic rings. The summed E-state index contributed by atoms with van der Waals surface area (Å²) < 4.78 is 0. The average molecular weight is 301 g/mol. The molecular formula is C18H21ClN2. The molecule has 110 valence electrons. The number of halogens is 1. The SMILES string of the molecule is C[C@H](NC1c2cc(Cl)ccc2CC1(C)C)c1ccccn1. The first-order valence-corrected chi connectivity index (χ1v) is 7.80. The first-order chi connectivity index (χ1) is 9.97. The number of nitrogens with one attached hydrogen (secondary N) is 1. The summed E-state index contributed by atoms with van der Waals surface area (Å²) in [6.07, 6.45) is 2.92. The van der Waals surface area contributed by atoms with E-state index >= 15 is 0 Å². The minimum atomic E-state index is 0.177. The molecule has 1 aromatic carbocycles. The lowest BCUT2D eigenvalue weighted by atomic mass is 9.85. The van der Waals surface area contributed by atoms with Crippen molar-refractivity contribution in [2.24, 2.45) is 5.41 Å². The van der Waals surface area contributed by atoms with Gasteiger partial charge in [0.2, 0.25) is 0 Å². The third-order valence-corrected chi connectivity index (χ3v) is 4.63. The molecule has 1 aliphatic carbocycles. The molecule has 0 spiro atoms. The monoisotopic (exact) mass is 300 g/mol. The first-order valence-electron chi connectivity index (χ1n) is 7.43. The molecule has 3 heteroatoms. The number of aromatic nitrogens is 1. The minimum absolute atomic E-state index is 0.177. The summed E-state index contributed by atoms with van der Waals surface area (Å²) in [5.41, 5.74) is 3.98. The molecule has 3 rings (SSSR count). The fraction of sp³-hybridized carbons (Fsp3) is 0.389. The molecule has 1 heterocycles. The van der Waals surface area contributed by atoms with E-state index in [-0.39, 0.29) is 11.5 Å². The second kappa shape index (κ2) is 5.43. The van der Waals surface area contributed by atoms with Crippen LogP contribution in [0.4, 0.5) is 0 Å². The van der Waals surface area contributed by atoms with Gasteiger partial charge in [-0.1, -0.05) is 37.6 Å². The molecule has 0 saturated carbocycles. The Morgan fingerprint density at radius 3 is 2.81 bits per heavy atom. The fourth-order valence-electron chi connectivity index (χ4n) is 3.29. The van der Waals surface area contributed by atoms with Crippen molar-refractivity contribution in [1.29, 1.82) is 0 Å². The van der Waals surface area contributed by atoms with Crippen molar-refractivity contribution in [2.75, 3.05) is 0 Å². The van der Waals surface area contributed by atoms with Crippen LogP contribution in [-0.2, 0) is 6.42 Å². The highest BCUT2D eigenvalue weighted by Gasteiger charge is 2.39. The number of hydrogen-bond donors (Lipinski definition) is 1. The lowest BCUT2D eigenvalue weighted by Crippen LogP contribution is -2.33. The maximum absolute atomic E-state index is 6.20. The predicted octanol–water partition coefficient (Wildman–Crippen LogP) is 4.71. The van der Waals surface area contributed by atoms with E-state index < -0.39 is 0 Å². The van der Waals surface area contributed by atoms with Crippen LogP contribution in [0.2, 0.25) is 5.02 Å². The van der Waals surface area contributed by atoms with Crippen LogP contribution in [0.3, 0.4) is 0 Å². The van der Waals surface area contributed by atoms with Gasteiger partial charge in [-0.3, -0.25) is 4.98 Å². The Morgan fingerprint density at radius 1 is 1.29 bits per heavy atom. The molecule has 1 unspecified atom stereocenters. The Morgan fingerprint density at radius 2 is 2.10 bits per heavy atom. The molecule has 0 aliphatic heterocycles. The smallest absolute Gasteiger partial charge is 0.0570 e. The van der Waals surface area contributed by atoms with Gasteiger partial charge >= 0.3 is 0 Å². The van der Waals surface area contributed by atoms with Gasteiger partial charge in [-0.25, -0.2) is 0 Å². The van der Waals surface area contributed by atoms with Gasteiger partial charge in [0.05, 0.1) is 5.69 Å². The number of hydrogen-bond acceptors (Lipinski definition) is 2. The van der Waals surface area contributed by atoms with Gasteiger partial charge in [-0.2, -0.15) is 0 Å². The Hall–Kier alpha value is -1.38. The normalized spacial score (nSPS) is 21.0. The Kier molecular flexibility index (Phi) is 3.76. The van der Waals surface area contributed by atoms with Gasteiger partial charge in [-0.05, 0) is 54.2 Å². The van der Waals surface area contributed by atoms with Crippen LogP contribution in [0.5, 0.6) is 0 Å². The van der Waals surface area contributed by atoms with E-state index in [9.17, 15) is 0 Å². The van der Waals surface area contributed by atoms with Crippen molar-refractivity contribution in [2.45, 2.75) is 39.3 Å². The molecule has 2 nitrogen and oxygen atoms in total. The molecule has 2 atom stereocenters. The van der Waals surface area contributed by atoms with Crippen LogP contribution >= 0.6 is 11.6 Å². The molecule has 1 N–H and O–H groups in total. The number of rotatable bonds is 3. The zero-order chi connectivity index (χ0) is 15.0. The molecule has 0 fully saturated rings. The summed E-state index contributed by atoms with van der Waals surface area (Å²) in [5, 5.41) is 4.56. The molecule has 1 aromatic heterocycles. The molecule has 1 aliphatic rings. The van der Waals surface area contributed by atoms with Crippen molar-refractivity contribution in [3.05, 3.63) is 64.4 Å². The molecule has 0 saturated heterocycles. The summed E-state index contributed by atoms with van der Waals surface area (Å²) in [7, 11) is 0. The van der Waals surface area contributed by atoms with Gasteiger partial charge in [-0.15, -0.1) is 0 Å². The summed E-state index contributed by atoms with van der Waals surface area (Å²) in [4.78, 5) is 4.45. The van der Waals surface area contributed by atoms with Crippen LogP contribution in [0.15, 0.2) is 42.6 Å². The van der Waals surface area contributed by atoms with E-state index in [1.54, 1.807) is 0 Å². The van der Waals surface area contributed by atoms with Gasteiger partial charge in [0, 0.05) is 23.3 Å². The van der Waals surface area contributed by atoms with Crippen molar-refractivity contribution < 1.29 is 0 Å². The minimum Gasteiger partial charge on any atom is -0.301 e. The largest absolute Gasteiger partial charge is 0.301 e. The van der Waals surface area contributed by atoms with Crippen molar-refractivity contribution in [1.82, 2.24) is 10.3 Å². The maximum atomic E-state index is 6.20. The predicted molar refractivity (Wildman–Crippen MR) is 87.5 cm³/mol. The fourth-order valence-corrected chi connectivity index (χ4v) is 3.47. The van der Waals surface area contributed by atoms with Crippen LogP contribution in [0.25, 0.3) is 0 Å². The number of fused-ring (bicyclic) bond motifs is 1. The zero-order valence-corrected chi connectivity index (χ0v) is 13.5. The molecule has 0 radical (unpaired) electrons. The standard InChI is InChI=1S/C18H21ClN2/c1-12(16-6-4-5-9-20-16)21-17-15-10-14(19)8-7-13(15)11-18(17,2)3/h4-10,12,17,21H,11H2,1-3H3/t12-,17?/m0/s1. The molecule has 0 amide bonds. The third kappa shape index (κ3) is 2.83. The summed E-state index contributed by atoms with van der Waals surface area (Å²) >= 11 is 6.20. The lowest BCUT2D eigenvalue weighted by Gasteiger charge is -2.31. The maximum Gasteiger partial charge on any atom is 0.0570 e. The Balaban J connectivity index is 1.89. The highest BCUT2D eigenvalue weighted by atomic mass is 35.5. The molecule has 0 bridgehead atoms. The van der Waals surface area contributed by atoms with Crippen LogP contribution in [0, 0.1) is 5.41 Å². The average Bonchev–Trinajstić information content (AvgIpc) is 2.71. The molecular weight excluding hydrogens is 280 g/mol. The van der Waals surface area contributed by atoms with Crippen molar-refractivity contribution in [3.8, 4) is 0 Å². The quantitative estimate of drug-likeness (QED) is 0.888. The van der Waals surface area contributed by atoms with E-state index in [1.165, 1.54) is 11.1 Å². The first kappa shape index (κ1) is 14.6. The van der Waals surface area contributed by atoms with Gasteiger partial charge in [0.15, 0.2) is 0 Å². The second-order valence-corrected chi connectivity index (χ2v) is 7.02.